The molecule has 1 saturated heterocycles. The van der Waals surface area contributed by atoms with E-state index in [0.717, 1.165) is 31.5 Å². The first-order chi connectivity index (χ1) is 11.7. The second kappa shape index (κ2) is 8.11. The third-order valence-corrected chi connectivity index (χ3v) is 5.22. The van der Waals surface area contributed by atoms with Gasteiger partial charge in [0.2, 0.25) is 11.8 Å². The van der Waals surface area contributed by atoms with Crippen molar-refractivity contribution in [3.63, 3.8) is 0 Å². The first-order valence-electron chi connectivity index (χ1n) is 8.39. The summed E-state index contributed by atoms with van der Waals surface area (Å²) in [5.41, 5.74) is 0.846. The second-order valence-electron chi connectivity index (χ2n) is 6.02. The Labute approximate surface area is 146 Å². The lowest BCUT2D eigenvalue weighted by Crippen LogP contribution is -2.41. The summed E-state index contributed by atoms with van der Waals surface area (Å²) in [6, 6.07) is 13.0. The Balaban J connectivity index is 1.67. The fraction of sp³-hybridized carbons (Fsp3) is 0.368. The van der Waals surface area contributed by atoms with Gasteiger partial charge in [-0.05, 0) is 36.3 Å². The van der Waals surface area contributed by atoms with Crippen molar-refractivity contribution in [3.8, 4) is 0 Å². The maximum atomic E-state index is 12.8. The zero-order valence-electron chi connectivity index (χ0n) is 13.6. The summed E-state index contributed by atoms with van der Waals surface area (Å²) in [5, 5.41) is 4.96. The minimum Gasteiger partial charge on any atom is -0.341 e. The summed E-state index contributed by atoms with van der Waals surface area (Å²) < 4.78 is 0. The number of likely N-dealkylation sites (tertiary alicyclic amines) is 1. The molecule has 1 aliphatic rings. The van der Waals surface area contributed by atoms with Gasteiger partial charge in [0, 0.05) is 24.4 Å². The molecule has 0 aliphatic carbocycles. The quantitative estimate of drug-likeness (QED) is 0.877. The summed E-state index contributed by atoms with van der Waals surface area (Å²) in [4.78, 5) is 28.2. The Morgan fingerprint density at radius 2 is 1.83 bits per heavy atom. The van der Waals surface area contributed by atoms with Crippen molar-refractivity contribution in [2.75, 3.05) is 13.1 Å². The van der Waals surface area contributed by atoms with E-state index < -0.39 is 6.04 Å². The molecule has 0 radical (unpaired) electrons. The van der Waals surface area contributed by atoms with Gasteiger partial charge in [-0.25, -0.2) is 0 Å². The number of benzene rings is 1. The van der Waals surface area contributed by atoms with Crippen LogP contribution in [0.2, 0.25) is 0 Å². The van der Waals surface area contributed by atoms with E-state index in [1.54, 1.807) is 11.3 Å². The second-order valence-corrected chi connectivity index (χ2v) is 7.06. The lowest BCUT2D eigenvalue weighted by Gasteiger charge is -2.24. The summed E-state index contributed by atoms with van der Waals surface area (Å²) in [5.74, 6) is -0.0760. The molecular formula is C19H22N2O2S. The van der Waals surface area contributed by atoms with Crippen LogP contribution in [0.25, 0.3) is 0 Å². The van der Waals surface area contributed by atoms with Crippen LogP contribution in [0.4, 0.5) is 0 Å². The number of nitrogens with zero attached hydrogens (tertiary/aromatic N) is 1. The minimum atomic E-state index is -0.583. The number of amides is 2. The molecular weight excluding hydrogens is 320 g/mol. The van der Waals surface area contributed by atoms with Crippen LogP contribution in [-0.4, -0.2) is 29.8 Å². The Morgan fingerprint density at radius 1 is 1.08 bits per heavy atom. The fourth-order valence-corrected chi connectivity index (χ4v) is 3.69. The first kappa shape index (κ1) is 16.7. The average Bonchev–Trinajstić information content (AvgIpc) is 3.31. The van der Waals surface area contributed by atoms with E-state index in [1.165, 1.54) is 4.88 Å². The Hall–Kier alpha value is -2.14. The summed E-state index contributed by atoms with van der Waals surface area (Å²) in [7, 11) is 0. The third-order valence-electron chi connectivity index (χ3n) is 4.28. The molecule has 5 heteroatoms. The molecule has 0 spiro atoms. The van der Waals surface area contributed by atoms with Gasteiger partial charge in [0.05, 0.1) is 0 Å². The third kappa shape index (κ3) is 4.23. The number of aryl methyl sites for hydroxylation is 1. The highest BCUT2D eigenvalue weighted by atomic mass is 32.1. The number of hydrogen-bond donors (Lipinski definition) is 1. The van der Waals surface area contributed by atoms with Crippen molar-refractivity contribution in [2.45, 2.75) is 31.7 Å². The lowest BCUT2D eigenvalue weighted by molar-refractivity contribution is -0.135. The van der Waals surface area contributed by atoms with Crippen LogP contribution in [0.15, 0.2) is 47.8 Å². The molecule has 4 nitrogen and oxygen atoms in total. The summed E-state index contributed by atoms with van der Waals surface area (Å²) in [6.45, 7) is 1.57. The summed E-state index contributed by atoms with van der Waals surface area (Å²) >= 11 is 1.65. The zero-order valence-corrected chi connectivity index (χ0v) is 14.4. The number of nitrogens with one attached hydrogen (secondary N) is 1. The van der Waals surface area contributed by atoms with Gasteiger partial charge in [0.1, 0.15) is 6.04 Å². The van der Waals surface area contributed by atoms with Crippen molar-refractivity contribution in [1.82, 2.24) is 10.2 Å². The molecule has 0 unspecified atom stereocenters. The van der Waals surface area contributed by atoms with Crippen LogP contribution < -0.4 is 5.32 Å². The van der Waals surface area contributed by atoms with Gasteiger partial charge in [-0.15, -0.1) is 11.3 Å². The van der Waals surface area contributed by atoms with E-state index in [2.05, 4.69) is 5.32 Å². The number of carbonyl (C=O) groups excluding carboxylic acids is 2. The molecule has 2 aromatic rings. The molecule has 2 heterocycles. The van der Waals surface area contributed by atoms with Gasteiger partial charge in [-0.2, -0.15) is 0 Å². The molecule has 24 heavy (non-hydrogen) atoms. The number of thiophene rings is 1. The van der Waals surface area contributed by atoms with Crippen molar-refractivity contribution in [3.05, 3.63) is 58.3 Å². The molecule has 1 aliphatic heterocycles. The molecule has 1 aromatic heterocycles. The maximum absolute atomic E-state index is 12.8. The van der Waals surface area contributed by atoms with E-state index in [4.69, 9.17) is 0 Å². The van der Waals surface area contributed by atoms with Crippen LogP contribution in [0.3, 0.4) is 0 Å². The van der Waals surface area contributed by atoms with Crippen LogP contribution in [-0.2, 0) is 16.0 Å². The Kier molecular flexibility index (Phi) is 5.64. The molecule has 0 saturated carbocycles. The fourth-order valence-electron chi connectivity index (χ4n) is 2.98. The maximum Gasteiger partial charge on any atom is 0.249 e. The Bertz CT molecular complexity index is 664. The summed E-state index contributed by atoms with van der Waals surface area (Å²) in [6.07, 6.45) is 3.19. The lowest BCUT2D eigenvalue weighted by atomic mass is 10.1. The number of hydrogen-bond acceptors (Lipinski definition) is 3. The van der Waals surface area contributed by atoms with E-state index in [0.29, 0.717) is 12.8 Å². The first-order valence-corrected chi connectivity index (χ1v) is 9.27. The standard InChI is InChI=1S/C19H22N2O2S/c22-17(11-10-16-9-6-14-24-16)20-18(15-7-2-1-3-8-15)19(23)21-12-4-5-13-21/h1-3,6-9,14,18H,4-5,10-13H2,(H,20,22)/t18-/m0/s1. The van der Waals surface area contributed by atoms with Crippen molar-refractivity contribution in [2.24, 2.45) is 0 Å². The van der Waals surface area contributed by atoms with Crippen LogP contribution in [0, 0.1) is 0 Å². The van der Waals surface area contributed by atoms with Crippen molar-refractivity contribution < 1.29 is 9.59 Å². The van der Waals surface area contributed by atoms with Crippen LogP contribution >= 0.6 is 11.3 Å². The number of carbonyl (C=O) groups is 2. The topological polar surface area (TPSA) is 49.4 Å². The van der Waals surface area contributed by atoms with Gasteiger partial charge >= 0.3 is 0 Å². The molecule has 0 bridgehead atoms. The minimum absolute atomic E-state index is 0.00294. The monoisotopic (exact) mass is 342 g/mol. The van der Waals surface area contributed by atoms with E-state index in [-0.39, 0.29) is 11.8 Å². The van der Waals surface area contributed by atoms with E-state index in [9.17, 15) is 9.59 Å². The number of rotatable bonds is 6. The largest absolute Gasteiger partial charge is 0.341 e. The zero-order chi connectivity index (χ0) is 16.8. The smallest absolute Gasteiger partial charge is 0.249 e. The van der Waals surface area contributed by atoms with Crippen LogP contribution in [0.1, 0.15) is 35.7 Å². The molecule has 2 amide bonds. The SMILES string of the molecule is O=C(CCc1cccs1)N[C@H](C(=O)N1CCCC1)c1ccccc1. The van der Waals surface area contributed by atoms with Gasteiger partial charge in [-0.3, -0.25) is 9.59 Å². The predicted molar refractivity (Wildman–Crippen MR) is 95.8 cm³/mol. The predicted octanol–water partition coefficient (Wildman–Crippen LogP) is 3.16. The highest BCUT2D eigenvalue weighted by Crippen LogP contribution is 2.20. The molecule has 3 rings (SSSR count). The molecule has 1 fully saturated rings. The van der Waals surface area contributed by atoms with Crippen LogP contribution in [0.5, 0.6) is 0 Å². The Morgan fingerprint density at radius 3 is 2.50 bits per heavy atom. The van der Waals surface area contributed by atoms with Gasteiger partial charge in [-0.1, -0.05) is 36.4 Å². The van der Waals surface area contributed by atoms with Crippen molar-refractivity contribution in [1.29, 1.82) is 0 Å². The van der Waals surface area contributed by atoms with E-state index >= 15 is 0 Å². The molecule has 1 atom stereocenters. The highest BCUT2D eigenvalue weighted by Gasteiger charge is 2.28. The highest BCUT2D eigenvalue weighted by molar-refractivity contribution is 7.09. The van der Waals surface area contributed by atoms with Gasteiger partial charge < -0.3 is 10.2 Å². The van der Waals surface area contributed by atoms with Gasteiger partial charge in [0.25, 0.3) is 0 Å². The molecule has 126 valence electrons. The van der Waals surface area contributed by atoms with Crippen molar-refractivity contribution >= 4 is 23.2 Å². The normalized spacial score (nSPS) is 15.2. The molecule has 1 aromatic carbocycles. The van der Waals surface area contributed by atoms with Gasteiger partial charge in [0.15, 0.2) is 0 Å². The average molecular weight is 342 g/mol. The van der Waals surface area contributed by atoms with E-state index in [1.807, 2.05) is 52.7 Å². The molecule has 1 N–H and O–H groups in total.